The number of imidazole rings is 1. The van der Waals surface area contributed by atoms with Gasteiger partial charge in [0.1, 0.15) is 0 Å². The highest BCUT2D eigenvalue weighted by atomic mass is 19.4. The number of benzene rings is 2. The molecule has 0 saturated carbocycles. The van der Waals surface area contributed by atoms with Gasteiger partial charge in [-0.2, -0.15) is 13.2 Å². The molecule has 0 aliphatic rings. The minimum atomic E-state index is -4.38. The first-order valence-electron chi connectivity index (χ1n) is 7.56. The Morgan fingerprint density at radius 3 is 2.60 bits per heavy atom. The van der Waals surface area contributed by atoms with E-state index < -0.39 is 11.7 Å². The quantitative estimate of drug-likeness (QED) is 0.678. The number of aryl methyl sites for hydroxylation is 1. The summed E-state index contributed by atoms with van der Waals surface area (Å²) >= 11 is 0. The smallest absolute Gasteiger partial charge is 0.355 e. The number of anilines is 2. The number of nitrogens with zero attached hydrogens (tertiary/aromatic N) is 2. The van der Waals surface area contributed by atoms with Crippen molar-refractivity contribution >= 4 is 17.5 Å². The maximum atomic E-state index is 12.9. The van der Waals surface area contributed by atoms with Gasteiger partial charge in [0.15, 0.2) is 0 Å². The van der Waals surface area contributed by atoms with Crippen molar-refractivity contribution in [1.82, 2.24) is 9.55 Å². The molecular formula is C19H16F3N3. The second kappa shape index (κ2) is 6.47. The predicted octanol–water partition coefficient (Wildman–Crippen LogP) is 5.49. The van der Waals surface area contributed by atoms with Crippen molar-refractivity contribution in [2.24, 2.45) is 7.05 Å². The Morgan fingerprint density at radius 1 is 1.16 bits per heavy atom. The van der Waals surface area contributed by atoms with E-state index in [-0.39, 0.29) is 0 Å². The highest BCUT2D eigenvalue weighted by Gasteiger charge is 2.30. The average Bonchev–Trinajstić information content (AvgIpc) is 3.01. The molecule has 0 aliphatic heterocycles. The summed E-state index contributed by atoms with van der Waals surface area (Å²) < 4.78 is 40.5. The van der Waals surface area contributed by atoms with Crippen molar-refractivity contribution in [3.8, 4) is 11.3 Å². The molecule has 128 valence electrons. The molecule has 3 nitrogen and oxygen atoms in total. The molecule has 0 saturated heterocycles. The van der Waals surface area contributed by atoms with E-state index in [2.05, 4.69) is 16.9 Å². The van der Waals surface area contributed by atoms with Crippen LogP contribution in [0.2, 0.25) is 0 Å². The zero-order chi connectivity index (χ0) is 18.0. The van der Waals surface area contributed by atoms with Crippen molar-refractivity contribution in [1.29, 1.82) is 0 Å². The molecule has 1 N–H and O–H groups in total. The molecule has 0 aliphatic carbocycles. The van der Waals surface area contributed by atoms with Crippen molar-refractivity contribution in [3.63, 3.8) is 0 Å². The van der Waals surface area contributed by atoms with Gasteiger partial charge in [-0.25, -0.2) is 4.98 Å². The third kappa shape index (κ3) is 3.74. The first-order valence-corrected chi connectivity index (χ1v) is 7.56. The Morgan fingerprint density at radius 2 is 1.96 bits per heavy atom. The molecule has 0 fully saturated rings. The lowest BCUT2D eigenvalue weighted by molar-refractivity contribution is -0.137. The fraction of sp³-hybridized carbons (Fsp3) is 0.105. The van der Waals surface area contributed by atoms with E-state index in [1.165, 1.54) is 6.07 Å². The van der Waals surface area contributed by atoms with Gasteiger partial charge in [-0.05, 0) is 35.9 Å². The second-order valence-corrected chi connectivity index (χ2v) is 5.64. The molecule has 0 atom stereocenters. The highest BCUT2D eigenvalue weighted by molar-refractivity contribution is 5.81. The number of halogens is 3. The maximum Gasteiger partial charge on any atom is 0.416 e. The number of rotatable bonds is 4. The Bertz CT molecular complexity index is 910. The standard InChI is InChI=1S/C19H16F3N3/c1-3-13-7-8-17(16(9-13)18-11-25(2)12-23-18)24-15-6-4-5-14(10-15)19(20,21)22/h3-12,24H,1H2,2H3. The van der Waals surface area contributed by atoms with E-state index in [4.69, 9.17) is 0 Å². The molecule has 0 amide bonds. The van der Waals surface area contributed by atoms with E-state index in [1.54, 1.807) is 24.5 Å². The van der Waals surface area contributed by atoms with Gasteiger partial charge in [0, 0.05) is 30.2 Å². The third-order valence-electron chi connectivity index (χ3n) is 3.73. The zero-order valence-corrected chi connectivity index (χ0v) is 13.5. The fourth-order valence-electron chi connectivity index (χ4n) is 2.49. The zero-order valence-electron chi connectivity index (χ0n) is 13.5. The van der Waals surface area contributed by atoms with E-state index in [0.29, 0.717) is 11.4 Å². The minimum absolute atomic E-state index is 0.360. The van der Waals surface area contributed by atoms with Crippen molar-refractivity contribution in [3.05, 3.63) is 72.7 Å². The molecule has 1 heterocycles. The Kier molecular flexibility index (Phi) is 4.35. The van der Waals surface area contributed by atoms with Crippen LogP contribution < -0.4 is 5.32 Å². The van der Waals surface area contributed by atoms with Gasteiger partial charge in [0.2, 0.25) is 0 Å². The molecule has 3 aromatic rings. The molecule has 2 aromatic carbocycles. The van der Waals surface area contributed by atoms with E-state index in [1.807, 2.05) is 29.9 Å². The summed E-state index contributed by atoms with van der Waals surface area (Å²) in [6.45, 7) is 3.75. The van der Waals surface area contributed by atoms with Gasteiger partial charge < -0.3 is 9.88 Å². The summed E-state index contributed by atoms with van der Waals surface area (Å²) in [6, 6.07) is 10.7. The minimum Gasteiger partial charge on any atom is -0.355 e. The molecule has 3 rings (SSSR count). The number of alkyl halides is 3. The highest BCUT2D eigenvalue weighted by Crippen LogP contribution is 2.34. The van der Waals surface area contributed by atoms with Crippen LogP contribution in [0.1, 0.15) is 11.1 Å². The Hall–Kier alpha value is -3.02. The molecule has 0 radical (unpaired) electrons. The van der Waals surface area contributed by atoms with Crippen molar-refractivity contribution in [2.75, 3.05) is 5.32 Å². The molecular weight excluding hydrogens is 327 g/mol. The summed E-state index contributed by atoms with van der Waals surface area (Å²) in [5, 5.41) is 3.06. The van der Waals surface area contributed by atoms with E-state index in [9.17, 15) is 13.2 Å². The molecule has 0 bridgehead atoms. The van der Waals surface area contributed by atoms with Crippen LogP contribution >= 0.6 is 0 Å². The lowest BCUT2D eigenvalue weighted by atomic mass is 10.1. The van der Waals surface area contributed by atoms with E-state index in [0.717, 1.165) is 29.0 Å². The second-order valence-electron chi connectivity index (χ2n) is 5.64. The Labute approximate surface area is 143 Å². The molecule has 0 unspecified atom stereocenters. The Balaban J connectivity index is 2.02. The molecule has 25 heavy (non-hydrogen) atoms. The number of nitrogens with one attached hydrogen (secondary N) is 1. The molecule has 0 spiro atoms. The normalized spacial score (nSPS) is 11.4. The topological polar surface area (TPSA) is 29.9 Å². The first-order chi connectivity index (χ1) is 11.9. The monoisotopic (exact) mass is 343 g/mol. The van der Waals surface area contributed by atoms with E-state index >= 15 is 0 Å². The number of aromatic nitrogens is 2. The van der Waals surface area contributed by atoms with Gasteiger partial charge in [-0.3, -0.25) is 0 Å². The third-order valence-corrected chi connectivity index (χ3v) is 3.73. The lowest BCUT2D eigenvalue weighted by Gasteiger charge is -2.14. The van der Waals surface area contributed by atoms with Crippen LogP contribution in [-0.2, 0) is 13.2 Å². The summed E-state index contributed by atoms with van der Waals surface area (Å²) in [5.74, 6) is 0. The first kappa shape index (κ1) is 16.8. The molecule has 6 heteroatoms. The van der Waals surface area contributed by atoms with Crippen molar-refractivity contribution < 1.29 is 13.2 Å². The van der Waals surface area contributed by atoms with Gasteiger partial charge in [0.25, 0.3) is 0 Å². The van der Waals surface area contributed by atoms with Crippen LogP contribution in [-0.4, -0.2) is 9.55 Å². The summed E-state index contributed by atoms with van der Waals surface area (Å²) in [6.07, 6.45) is 0.845. The lowest BCUT2D eigenvalue weighted by Crippen LogP contribution is -2.05. The summed E-state index contributed by atoms with van der Waals surface area (Å²) in [5.41, 5.74) is 2.74. The van der Waals surface area contributed by atoms with Gasteiger partial charge in [-0.1, -0.05) is 24.8 Å². The van der Waals surface area contributed by atoms with Crippen molar-refractivity contribution in [2.45, 2.75) is 6.18 Å². The van der Waals surface area contributed by atoms with Crippen LogP contribution in [0.5, 0.6) is 0 Å². The fourth-order valence-corrected chi connectivity index (χ4v) is 2.49. The average molecular weight is 343 g/mol. The molecule has 1 aromatic heterocycles. The van der Waals surface area contributed by atoms with Crippen LogP contribution in [0.4, 0.5) is 24.5 Å². The summed E-state index contributed by atoms with van der Waals surface area (Å²) in [4.78, 5) is 4.33. The van der Waals surface area contributed by atoms with Crippen LogP contribution in [0, 0.1) is 0 Å². The summed E-state index contributed by atoms with van der Waals surface area (Å²) in [7, 11) is 1.85. The van der Waals surface area contributed by atoms with Crippen LogP contribution in [0.25, 0.3) is 17.3 Å². The number of hydrogen-bond donors (Lipinski definition) is 1. The van der Waals surface area contributed by atoms with Gasteiger partial charge in [-0.15, -0.1) is 0 Å². The van der Waals surface area contributed by atoms with Crippen LogP contribution in [0.3, 0.4) is 0 Å². The number of hydrogen-bond acceptors (Lipinski definition) is 2. The van der Waals surface area contributed by atoms with Gasteiger partial charge in [0.05, 0.1) is 17.6 Å². The van der Waals surface area contributed by atoms with Crippen LogP contribution in [0.15, 0.2) is 61.6 Å². The maximum absolute atomic E-state index is 12.9. The SMILES string of the molecule is C=Cc1ccc(Nc2cccc(C(F)(F)F)c2)c(-c2cn(C)cn2)c1. The van der Waals surface area contributed by atoms with Gasteiger partial charge >= 0.3 is 6.18 Å². The largest absolute Gasteiger partial charge is 0.416 e. The predicted molar refractivity (Wildman–Crippen MR) is 93.5 cm³/mol.